The molecule has 0 aliphatic rings. The molecule has 0 fully saturated rings. The van der Waals surface area contributed by atoms with Crippen molar-refractivity contribution in [1.82, 2.24) is 4.57 Å². The summed E-state index contributed by atoms with van der Waals surface area (Å²) in [6.07, 6.45) is 0. The average molecular weight is 450 g/mol. The molecule has 1 heterocycles. The summed E-state index contributed by atoms with van der Waals surface area (Å²) in [6.45, 7) is 0.161. The number of benzene rings is 1. The minimum atomic E-state index is -6.26. The number of pyridine rings is 1. The number of nitro groups is 1. The van der Waals surface area contributed by atoms with E-state index in [1.165, 1.54) is 0 Å². The smallest absolute Gasteiger partial charge is 0.459 e. The second-order valence-corrected chi connectivity index (χ2v) is 7.31. The Bertz CT molecular complexity index is 1130. The summed E-state index contributed by atoms with van der Waals surface area (Å²) in [5.41, 5.74) is -8.63. The minimum absolute atomic E-state index is 0.152. The molecule has 0 saturated carbocycles. The predicted molar refractivity (Wildman–Crippen MR) is 93.9 cm³/mol. The second kappa shape index (κ2) is 8.52. The molecule has 162 valence electrons. The van der Waals surface area contributed by atoms with Crippen LogP contribution in [0.2, 0.25) is 0 Å². The molecule has 1 aromatic carbocycles. The first-order chi connectivity index (χ1) is 13.8. The van der Waals surface area contributed by atoms with E-state index < -0.39 is 50.1 Å². The van der Waals surface area contributed by atoms with Gasteiger partial charge >= 0.3 is 32.8 Å². The molecule has 14 heteroatoms. The van der Waals surface area contributed by atoms with E-state index in [0.29, 0.717) is 16.2 Å². The van der Waals surface area contributed by atoms with Crippen molar-refractivity contribution in [3.63, 3.8) is 0 Å². The molecule has 0 atom stereocenters. The van der Waals surface area contributed by atoms with Crippen molar-refractivity contribution in [3.05, 3.63) is 68.1 Å². The van der Waals surface area contributed by atoms with E-state index in [1.807, 2.05) is 0 Å². The third kappa shape index (κ3) is 5.14. The molecule has 10 nitrogen and oxygen atoms in total. The van der Waals surface area contributed by atoms with E-state index in [9.17, 15) is 41.3 Å². The number of rotatable bonds is 7. The maximum absolute atomic E-state index is 12.5. The summed E-state index contributed by atoms with van der Waals surface area (Å²) in [5, 5.41) is 11.2. The van der Waals surface area contributed by atoms with Crippen molar-refractivity contribution >= 4 is 21.8 Å². The lowest BCUT2D eigenvalue weighted by Crippen LogP contribution is -2.32. The number of halogens is 3. The number of ether oxygens (including phenoxy) is 1. The summed E-state index contributed by atoms with van der Waals surface area (Å²) in [4.78, 5) is 34.1. The summed E-state index contributed by atoms with van der Waals surface area (Å²) >= 11 is 0. The number of hydrogen-bond acceptors (Lipinski definition) is 8. The molecule has 1 aromatic heterocycles. The van der Waals surface area contributed by atoms with Gasteiger partial charge in [-0.3, -0.25) is 24.3 Å². The summed E-state index contributed by atoms with van der Waals surface area (Å²) in [5.74, 6) is -2.39. The molecule has 0 bridgehead atoms. The van der Waals surface area contributed by atoms with Gasteiger partial charge in [0.25, 0.3) is 0 Å². The van der Waals surface area contributed by atoms with E-state index in [-0.39, 0.29) is 12.3 Å². The van der Waals surface area contributed by atoms with E-state index in [1.54, 1.807) is 30.3 Å². The molecule has 30 heavy (non-hydrogen) atoms. The van der Waals surface area contributed by atoms with Crippen LogP contribution in [0.3, 0.4) is 0 Å². The van der Waals surface area contributed by atoms with Crippen LogP contribution in [0.15, 0.2) is 41.2 Å². The summed E-state index contributed by atoms with van der Waals surface area (Å²) in [7, 11) is -6.26. The lowest BCUT2D eigenvalue weighted by atomic mass is 10.2. The number of alkyl halides is 3. The van der Waals surface area contributed by atoms with Crippen molar-refractivity contribution < 1.29 is 40.2 Å². The minimum Gasteiger partial charge on any atom is -0.459 e. The highest BCUT2D eigenvalue weighted by Gasteiger charge is 2.49. The van der Waals surface area contributed by atoms with Crippen LogP contribution in [0.25, 0.3) is 0 Å². The van der Waals surface area contributed by atoms with Gasteiger partial charge in [0.15, 0.2) is 0 Å². The maximum atomic E-state index is 12.5. The Hall–Kier alpha value is -3.42. The van der Waals surface area contributed by atoms with E-state index in [2.05, 4.69) is 4.18 Å². The normalized spacial score (nSPS) is 11.7. The lowest BCUT2D eigenvalue weighted by molar-refractivity contribution is -0.387. The van der Waals surface area contributed by atoms with Crippen LogP contribution in [-0.4, -0.2) is 29.4 Å². The molecule has 0 N–H and O–H groups in total. The van der Waals surface area contributed by atoms with Crippen LogP contribution >= 0.6 is 0 Å². The molecule has 2 aromatic rings. The molecular formula is C16H13F3N2O8S. The second-order valence-electron chi connectivity index (χ2n) is 5.78. The highest BCUT2D eigenvalue weighted by atomic mass is 32.2. The van der Waals surface area contributed by atoms with Crippen molar-refractivity contribution in [1.29, 1.82) is 0 Å². The highest BCUT2D eigenvalue weighted by Crippen LogP contribution is 2.31. The molecular weight excluding hydrogens is 437 g/mol. The first-order valence-electron chi connectivity index (χ1n) is 7.92. The molecule has 0 saturated heterocycles. The summed E-state index contributed by atoms with van der Waals surface area (Å²) < 4.78 is 69.1. The SMILES string of the molecule is Cc1cc(OS(=O)(=O)C(F)(F)F)c([N+](=O)[O-])c(=O)n1CC(=O)OCc1ccccc1. The number of aryl methyl sites for hydroxylation is 1. The van der Waals surface area contributed by atoms with Crippen LogP contribution in [0.4, 0.5) is 18.9 Å². The fraction of sp³-hybridized carbons (Fsp3) is 0.250. The van der Waals surface area contributed by atoms with Gasteiger partial charge in [0, 0.05) is 11.8 Å². The Morgan fingerprint density at radius 1 is 1.23 bits per heavy atom. The molecule has 0 radical (unpaired) electrons. The number of esters is 1. The van der Waals surface area contributed by atoms with Gasteiger partial charge < -0.3 is 8.92 Å². The molecule has 0 spiro atoms. The standard InChI is InChI=1S/C16H13F3N2O8S/c1-10-7-12(29-30(26,27)16(17,18)19)14(21(24)25)15(23)20(10)8-13(22)28-9-11-5-3-2-4-6-11/h2-7H,8-9H2,1H3. The Morgan fingerprint density at radius 2 is 1.83 bits per heavy atom. The largest absolute Gasteiger partial charge is 0.534 e. The number of carbonyl (C=O) groups is 1. The lowest BCUT2D eigenvalue weighted by Gasteiger charge is -2.13. The Morgan fingerprint density at radius 3 is 2.37 bits per heavy atom. The molecule has 0 unspecified atom stereocenters. The molecule has 0 amide bonds. The highest BCUT2D eigenvalue weighted by molar-refractivity contribution is 7.88. The van der Waals surface area contributed by atoms with Crippen LogP contribution in [0.1, 0.15) is 11.3 Å². The zero-order valence-electron chi connectivity index (χ0n) is 15.1. The molecule has 0 aliphatic carbocycles. The van der Waals surface area contributed by atoms with Crippen molar-refractivity contribution in [2.75, 3.05) is 0 Å². The zero-order chi connectivity index (χ0) is 22.7. The number of hydrogen-bond donors (Lipinski definition) is 0. The van der Waals surface area contributed by atoms with E-state index in [0.717, 1.165) is 6.92 Å². The van der Waals surface area contributed by atoms with Crippen LogP contribution in [-0.2, 0) is 32.8 Å². The van der Waals surface area contributed by atoms with Crippen LogP contribution in [0.5, 0.6) is 5.75 Å². The van der Waals surface area contributed by atoms with E-state index >= 15 is 0 Å². The quantitative estimate of drug-likeness (QED) is 0.206. The van der Waals surface area contributed by atoms with Gasteiger partial charge in [-0.1, -0.05) is 30.3 Å². The number of carbonyl (C=O) groups excluding carboxylic acids is 1. The molecule has 2 rings (SSSR count). The zero-order valence-corrected chi connectivity index (χ0v) is 15.9. The number of aromatic nitrogens is 1. The van der Waals surface area contributed by atoms with Gasteiger partial charge in [-0.15, -0.1) is 0 Å². The first-order valence-corrected chi connectivity index (χ1v) is 9.33. The summed E-state index contributed by atoms with van der Waals surface area (Å²) in [6, 6.07) is 8.96. The topological polar surface area (TPSA) is 135 Å². The van der Waals surface area contributed by atoms with Crippen molar-refractivity contribution in [2.24, 2.45) is 0 Å². The average Bonchev–Trinajstić information content (AvgIpc) is 2.62. The first kappa shape index (κ1) is 22.9. The van der Waals surface area contributed by atoms with Crippen LogP contribution in [0, 0.1) is 17.0 Å². The number of nitrogens with zero attached hydrogens (tertiary/aromatic N) is 2. The Balaban J connectivity index is 2.34. The third-order valence-electron chi connectivity index (χ3n) is 3.64. The monoisotopic (exact) mass is 450 g/mol. The van der Waals surface area contributed by atoms with Gasteiger partial charge in [0.05, 0.1) is 4.92 Å². The third-order valence-corrected chi connectivity index (χ3v) is 4.61. The van der Waals surface area contributed by atoms with Crippen molar-refractivity contribution in [3.8, 4) is 5.75 Å². The fourth-order valence-electron chi connectivity index (χ4n) is 2.24. The van der Waals surface area contributed by atoms with Gasteiger partial charge in [-0.05, 0) is 12.5 Å². The Labute approximate surface area is 166 Å². The molecule has 0 aliphatic heterocycles. The van der Waals surface area contributed by atoms with E-state index in [4.69, 9.17) is 4.74 Å². The van der Waals surface area contributed by atoms with Gasteiger partial charge in [0.1, 0.15) is 13.2 Å². The predicted octanol–water partition coefficient (Wildman–Crippen LogP) is 2.04. The van der Waals surface area contributed by atoms with Gasteiger partial charge in [0.2, 0.25) is 5.75 Å². The Kier molecular flexibility index (Phi) is 6.50. The fourth-order valence-corrected chi connectivity index (χ4v) is 2.69. The van der Waals surface area contributed by atoms with Crippen molar-refractivity contribution in [2.45, 2.75) is 25.6 Å². The maximum Gasteiger partial charge on any atom is 0.534 e. The van der Waals surface area contributed by atoms with Crippen LogP contribution < -0.4 is 9.74 Å². The van der Waals surface area contributed by atoms with Gasteiger partial charge in [-0.2, -0.15) is 21.6 Å². The van der Waals surface area contributed by atoms with Gasteiger partial charge in [-0.25, -0.2) is 0 Å².